The lowest BCUT2D eigenvalue weighted by atomic mass is 10.1. The van der Waals surface area contributed by atoms with Crippen molar-refractivity contribution in [2.45, 2.75) is 0 Å². The fraction of sp³-hybridized carbons (Fsp3) is 0. The zero-order valence-corrected chi connectivity index (χ0v) is 15.6. The van der Waals surface area contributed by atoms with E-state index in [1.165, 1.54) is 0 Å². The third-order valence-electron chi connectivity index (χ3n) is 4.25. The van der Waals surface area contributed by atoms with Crippen LogP contribution in [0.25, 0.3) is 0 Å². The highest BCUT2D eigenvalue weighted by molar-refractivity contribution is 9.10. The number of halogens is 1. The van der Waals surface area contributed by atoms with Gasteiger partial charge in [-0.15, -0.1) is 0 Å². The molecule has 3 aromatic carbocycles. The molecule has 1 heterocycles. The van der Waals surface area contributed by atoms with Crippen molar-refractivity contribution >= 4 is 45.0 Å². The van der Waals surface area contributed by atoms with Gasteiger partial charge >= 0.3 is 0 Å². The monoisotopic (exact) mass is 420 g/mol. The standard InChI is InChI=1S/C21H13BrN2O3/c22-14-9-10-17-18(11-14)21(27)24(20(17)26)16-8-4-7-15(12-16)23-19(25)13-5-2-1-3-6-13/h1-12H,(H,23,25). The van der Waals surface area contributed by atoms with E-state index in [9.17, 15) is 14.4 Å². The molecule has 0 aliphatic carbocycles. The Hall–Kier alpha value is -3.25. The number of carbonyl (C=O) groups is 3. The number of carbonyl (C=O) groups excluding carboxylic acids is 3. The second kappa shape index (κ2) is 6.81. The molecule has 1 N–H and O–H groups in total. The van der Waals surface area contributed by atoms with Crippen LogP contribution < -0.4 is 10.2 Å². The highest BCUT2D eigenvalue weighted by Gasteiger charge is 2.36. The molecule has 0 aromatic heterocycles. The van der Waals surface area contributed by atoms with Crippen LogP contribution in [0.15, 0.2) is 77.3 Å². The van der Waals surface area contributed by atoms with Crippen molar-refractivity contribution in [1.29, 1.82) is 0 Å². The number of amides is 3. The SMILES string of the molecule is O=C(Nc1cccc(N2C(=O)c3ccc(Br)cc3C2=O)c1)c1ccccc1. The number of imide groups is 1. The van der Waals surface area contributed by atoms with Gasteiger partial charge in [0.25, 0.3) is 17.7 Å². The molecule has 0 spiro atoms. The lowest BCUT2D eigenvalue weighted by molar-refractivity contribution is 0.0925. The van der Waals surface area contributed by atoms with Crippen molar-refractivity contribution in [3.8, 4) is 0 Å². The molecule has 0 radical (unpaired) electrons. The second-order valence-corrected chi connectivity index (χ2v) is 6.92. The molecular weight excluding hydrogens is 408 g/mol. The van der Waals surface area contributed by atoms with E-state index in [4.69, 9.17) is 0 Å². The Morgan fingerprint density at radius 3 is 2.33 bits per heavy atom. The summed E-state index contributed by atoms with van der Waals surface area (Å²) in [4.78, 5) is 38.8. The molecular formula is C21H13BrN2O3. The van der Waals surface area contributed by atoms with Gasteiger partial charge in [-0.2, -0.15) is 0 Å². The molecule has 6 heteroatoms. The minimum atomic E-state index is -0.386. The normalized spacial score (nSPS) is 12.9. The van der Waals surface area contributed by atoms with E-state index in [1.54, 1.807) is 66.7 Å². The van der Waals surface area contributed by atoms with Crippen molar-refractivity contribution in [2.24, 2.45) is 0 Å². The molecule has 0 unspecified atom stereocenters. The van der Waals surface area contributed by atoms with Crippen LogP contribution in [0.2, 0.25) is 0 Å². The van der Waals surface area contributed by atoms with Gasteiger partial charge in [-0.3, -0.25) is 14.4 Å². The van der Waals surface area contributed by atoms with Crippen molar-refractivity contribution in [2.75, 3.05) is 10.2 Å². The average molecular weight is 421 g/mol. The third kappa shape index (κ3) is 3.15. The van der Waals surface area contributed by atoms with Crippen LogP contribution >= 0.6 is 15.9 Å². The van der Waals surface area contributed by atoms with Crippen molar-refractivity contribution in [1.82, 2.24) is 0 Å². The summed E-state index contributed by atoms with van der Waals surface area (Å²) in [7, 11) is 0. The number of nitrogens with one attached hydrogen (secondary N) is 1. The Morgan fingerprint density at radius 2 is 1.56 bits per heavy atom. The fourth-order valence-electron chi connectivity index (χ4n) is 2.96. The number of fused-ring (bicyclic) bond motifs is 1. The first-order valence-corrected chi connectivity index (χ1v) is 8.99. The van der Waals surface area contributed by atoms with Gasteiger partial charge < -0.3 is 5.32 Å². The summed E-state index contributed by atoms with van der Waals surface area (Å²) in [6.45, 7) is 0. The molecule has 0 saturated carbocycles. The Kier molecular flexibility index (Phi) is 4.33. The van der Waals surface area contributed by atoms with Gasteiger partial charge in [0.15, 0.2) is 0 Å². The van der Waals surface area contributed by atoms with Gasteiger partial charge in [0.05, 0.1) is 16.8 Å². The predicted molar refractivity (Wildman–Crippen MR) is 106 cm³/mol. The molecule has 1 aliphatic heterocycles. The van der Waals surface area contributed by atoms with Gasteiger partial charge in [-0.1, -0.05) is 40.2 Å². The molecule has 132 valence electrons. The van der Waals surface area contributed by atoms with Crippen LogP contribution in [0.1, 0.15) is 31.1 Å². The lowest BCUT2D eigenvalue weighted by Crippen LogP contribution is -2.29. The zero-order chi connectivity index (χ0) is 19.0. The lowest BCUT2D eigenvalue weighted by Gasteiger charge is -2.15. The van der Waals surface area contributed by atoms with E-state index in [-0.39, 0.29) is 17.7 Å². The van der Waals surface area contributed by atoms with Gasteiger partial charge in [0.2, 0.25) is 0 Å². The predicted octanol–water partition coefficient (Wildman–Crippen LogP) is 4.50. The highest BCUT2D eigenvalue weighted by atomic mass is 79.9. The molecule has 5 nitrogen and oxygen atoms in total. The maximum absolute atomic E-state index is 12.7. The van der Waals surface area contributed by atoms with E-state index < -0.39 is 0 Å². The first kappa shape index (κ1) is 17.2. The second-order valence-electron chi connectivity index (χ2n) is 6.01. The third-order valence-corrected chi connectivity index (χ3v) is 4.74. The van der Waals surface area contributed by atoms with Crippen molar-refractivity contribution < 1.29 is 14.4 Å². The van der Waals surface area contributed by atoms with Crippen molar-refractivity contribution in [3.63, 3.8) is 0 Å². The maximum atomic E-state index is 12.7. The fourth-order valence-corrected chi connectivity index (χ4v) is 3.32. The van der Waals surface area contributed by atoms with E-state index >= 15 is 0 Å². The van der Waals surface area contributed by atoms with E-state index in [0.717, 1.165) is 9.37 Å². The van der Waals surface area contributed by atoms with E-state index in [2.05, 4.69) is 21.2 Å². The zero-order valence-electron chi connectivity index (χ0n) is 14.0. The quantitative estimate of drug-likeness (QED) is 0.634. The largest absolute Gasteiger partial charge is 0.322 e. The Morgan fingerprint density at radius 1 is 0.815 bits per heavy atom. The average Bonchev–Trinajstić information content (AvgIpc) is 2.92. The van der Waals surface area contributed by atoms with E-state index in [0.29, 0.717) is 28.1 Å². The number of benzene rings is 3. The minimum Gasteiger partial charge on any atom is -0.322 e. The molecule has 0 bridgehead atoms. The van der Waals surface area contributed by atoms with Crippen LogP contribution in [0.5, 0.6) is 0 Å². The van der Waals surface area contributed by atoms with Crippen LogP contribution in [0.3, 0.4) is 0 Å². The smallest absolute Gasteiger partial charge is 0.266 e. The van der Waals surface area contributed by atoms with Gasteiger partial charge in [0.1, 0.15) is 0 Å². The first-order valence-electron chi connectivity index (χ1n) is 8.19. The Labute approximate surface area is 163 Å². The first-order chi connectivity index (χ1) is 13.0. The number of anilines is 2. The molecule has 1 aliphatic rings. The Balaban J connectivity index is 1.63. The number of nitrogens with zero attached hydrogens (tertiary/aromatic N) is 1. The molecule has 0 atom stereocenters. The summed E-state index contributed by atoms with van der Waals surface area (Å²) in [5, 5.41) is 2.79. The van der Waals surface area contributed by atoms with Crippen molar-refractivity contribution in [3.05, 3.63) is 94.0 Å². The topological polar surface area (TPSA) is 66.5 Å². The highest BCUT2D eigenvalue weighted by Crippen LogP contribution is 2.31. The summed E-state index contributed by atoms with van der Waals surface area (Å²) in [5.41, 5.74) is 2.14. The maximum Gasteiger partial charge on any atom is 0.266 e. The molecule has 27 heavy (non-hydrogen) atoms. The Bertz CT molecular complexity index is 1080. The molecule has 0 saturated heterocycles. The van der Waals surface area contributed by atoms with Crippen LogP contribution in [-0.2, 0) is 0 Å². The van der Waals surface area contributed by atoms with Gasteiger partial charge in [0, 0.05) is 15.7 Å². The summed E-state index contributed by atoms with van der Waals surface area (Å²) in [6, 6.07) is 20.5. The summed E-state index contributed by atoms with van der Waals surface area (Å²) >= 11 is 3.32. The summed E-state index contributed by atoms with van der Waals surface area (Å²) in [6.07, 6.45) is 0. The van der Waals surface area contributed by atoms with Crippen LogP contribution in [0, 0.1) is 0 Å². The number of hydrogen-bond acceptors (Lipinski definition) is 3. The van der Waals surface area contributed by atoms with Crippen LogP contribution in [0.4, 0.5) is 11.4 Å². The van der Waals surface area contributed by atoms with Gasteiger partial charge in [-0.05, 0) is 48.5 Å². The summed E-state index contributed by atoms with van der Waals surface area (Å²) in [5.74, 6) is -1.03. The summed E-state index contributed by atoms with van der Waals surface area (Å²) < 4.78 is 0.730. The molecule has 4 rings (SSSR count). The molecule has 0 fully saturated rings. The van der Waals surface area contributed by atoms with Crippen LogP contribution in [-0.4, -0.2) is 17.7 Å². The van der Waals surface area contributed by atoms with Gasteiger partial charge in [-0.25, -0.2) is 4.90 Å². The van der Waals surface area contributed by atoms with E-state index in [1.807, 2.05) is 6.07 Å². The minimum absolute atomic E-state index is 0.265. The number of hydrogen-bond donors (Lipinski definition) is 1. The molecule has 3 aromatic rings. The number of rotatable bonds is 3. The molecule has 3 amide bonds.